The third kappa shape index (κ3) is 7.40. The Morgan fingerprint density at radius 2 is 1.84 bits per heavy atom. The summed E-state index contributed by atoms with van der Waals surface area (Å²) in [5.74, 6) is -3.56. The van der Waals surface area contributed by atoms with Crippen LogP contribution in [0.25, 0.3) is 0 Å². The second-order valence-corrected chi connectivity index (χ2v) is 10.2. The van der Waals surface area contributed by atoms with Crippen LogP contribution in [-0.4, -0.2) is 69.2 Å². The van der Waals surface area contributed by atoms with Crippen molar-refractivity contribution in [3.63, 3.8) is 0 Å². The first-order chi connectivity index (χ1) is 16.8. The van der Waals surface area contributed by atoms with E-state index < -0.39 is 58.6 Å². The molecule has 0 spiro atoms. The standard InChI is InChI=1S/C23H27N3O9S.Na/c1-11(27)34-9-13-10-36-20-16(19(30)26(20)17(13)21(31)32)24-18(29)15(12-5-7-14(28)8-6-12)25-22(33)35-23(2,3)4;/h5-8,15-16,20,28H,9-10H2,1-4H3,(H,24,29)(H,25,33)(H,31,32);/q;+1/p-1/t15?,16-,20-;/m1./s1. The summed E-state index contributed by atoms with van der Waals surface area (Å²) < 4.78 is 10.1. The van der Waals surface area contributed by atoms with E-state index in [1.165, 1.54) is 43.0 Å². The van der Waals surface area contributed by atoms with Gasteiger partial charge in [0.25, 0.3) is 5.91 Å². The zero-order valence-corrected chi connectivity index (χ0v) is 23.8. The number of nitrogens with one attached hydrogen (secondary N) is 2. The summed E-state index contributed by atoms with van der Waals surface area (Å²) in [7, 11) is 0. The fraction of sp³-hybridized carbons (Fsp3) is 0.435. The molecule has 1 aromatic carbocycles. The van der Waals surface area contributed by atoms with Crippen LogP contribution in [0.2, 0.25) is 0 Å². The number of fused-ring (bicyclic) bond motifs is 1. The zero-order valence-electron chi connectivity index (χ0n) is 21.0. The van der Waals surface area contributed by atoms with Crippen molar-refractivity contribution in [1.29, 1.82) is 0 Å². The van der Waals surface area contributed by atoms with Crippen LogP contribution in [0.5, 0.6) is 5.75 Å². The van der Waals surface area contributed by atoms with Crippen LogP contribution in [-0.2, 0) is 28.7 Å². The Kier molecular flexibility index (Phi) is 10.1. The third-order valence-electron chi connectivity index (χ3n) is 5.14. The number of ether oxygens (including phenoxy) is 2. The van der Waals surface area contributed by atoms with Crippen molar-refractivity contribution in [1.82, 2.24) is 15.5 Å². The molecule has 0 aromatic heterocycles. The second kappa shape index (κ2) is 12.2. The van der Waals surface area contributed by atoms with E-state index in [9.17, 15) is 34.2 Å². The molecule has 1 fully saturated rings. The number of benzene rings is 1. The maximum absolute atomic E-state index is 13.2. The van der Waals surface area contributed by atoms with Gasteiger partial charge in [0.1, 0.15) is 35.4 Å². The number of alkyl carbamates (subject to hydrolysis) is 1. The van der Waals surface area contributed by atoms with Crippen molar-refractivity contribution in [2.75, 3.05) is 12.4 Å². The first kappa shape index (κ1) is 30.5. The quantitative estimate of drug-likeness (QED) is 0.182. The minimum absolute atomic E-state index is 0. The molecule has 14 heteroatoms. The minimum Gasteiger partial charge on any atom is -0.543 e. The Balaban J connectivity index is 0.00000481. The molecule has 3 rings (SSSR count). The van der Waals surface area contributed by atoms with E-state index >= 15 is 0 Å². The van der Waals surface area contributed by atoms with E-state index in [2.05, 4.69) is 10.6 Å². The Labute approximate surface area is 239 Å². The van der Waals surface area contributed by atoms with E-state index in [-0.39, 0.29) is 53.2 Å². The number of aromatic hydroxyl groups is 1. The van der Waals surface area contributed by atoms with Crippen LogP contribution in [0.3, 0.4) is 0 Å². The largest absolute Gasteiger partial charge is 1.00 e. The number of rotatable bonds is 7. The van der Waals surface area contributed by atoms with E-state index in [1.54, 1.807) is 20.8 Å². The average molecular weight is 544 g/mol. The van der Waals surface area contributed by atoms with Crippen LogP contribution in [0, 0.1) is 0 Å². The summed E-state index contributed by atoms with van der Waals surface area (Å²) >= 11 is 1.18. The molecular weight excluding hydrogens is 517 g/mol. The van der Waals surface area contributed by atoms with Crippen molar-refractivity contribution >= 4 is 41.6 Å². The monoisotopic (exact) mass is 543 g/mol. The first-order valence-corrected chi connectivity index (χ1v) is 11.9. The van der Waals surface area contributed by atoms with Gasteiger partial charge in [0, 0.05) is 18.2 Å². The molecule has 194 valence electrons. The Bertz CT molecular complexity index is 1120. The molecule has 2 aliphatic rings. The number of carboxylic acid groups (broad SMARTS) is 1. The maximum atomic E-state index is 13.2. The van der Waals surface area contributed by atoms with E-state index in [0.29, 0.717) is 5.56 Å². The fourth-order valence-electron chi connectivity index (χ4n) is 3.60. The molecule has 3 N–H and O–H groups in total. The number of hydrogen-bond donors (Lipinski definition) is 3. The zero-order chi connectivity index (χ0) is 26.8. The SMILES string of the molecule is CC(=O)OCC1=C(C(=O)[O-])N2C(=O)[C@@H](NC(=O)C(NC(=O)OC(C)(C)C)c3ccc(O)cc3)[C@H]2SC1.[Na+]. The molecule has 2 aliphatic heterocycles. The summed E-state index contributed by atoms with van der Waals surface area (Å²) in [5, 5.41) is 25.6. The van der Waals surface area contributed by atoms with Gasteiger partial charge in [0.05, 0.1) is 11.7 Å². The molecule has 37 heavy (non-hydrogen) atoms. The maximum Gasteiger partial charge on any atom is 1.00 e. The van der Waals surface area contributed by atoms with Crippen LogP contribution >= 0.6 is 11.8 Å². The molecule has 0 saturated carbocycles. The predicted molar refractivity (Wildman–Crippen MR) is 124 cm³/mol. The van der Waals surface area contributed by atoms with Gasteiger partial charge in [-0.15, -0.1) is 11.8 Å². The molecule has 0 radical (unpaired) electrons. The molecule has 2 heterocycles. The van der Waals surface area contributed by atoms with E-state index in [0.717, 1.165) is 4.90 Å². The summed E-state index contributed by atoms with van der Waals surface area (Å²) in [6, 6.07) is 3.18. The van der Waals surface area contributed by atoms with Gasteiger partial charge in [-0.25, -0.2) is 4.79 Å². The molecule has 0 bridgehead atoms. The number of carbonyl (C=O) groups excluding carboxylic acids is 5. The summed E-state index contributed by atoms with van der Waals surface area (Å²) in [5.41, 5.74) is -0.702. The van der Waals surface area contributed by atoms with Gasteiger partial charge in [-0.3, -0.25) is 19.3 Å². The molecule has 12 nitrogen and oxygen atoms in total. The smallest absolute Gasteiger partial charge is 0.543 e. The summed E-state index contributed by atoms with van der Waals surface area (Å²) in [6.07, 6.45) is -0.874. The number of amides is 3. The van der Waals surface area contributed by atoms with Crippen molar-refractivity contribution in [2.45, 2.75) is 50.8 Å². The van der Waals surface area contributed by atoms with Crippen LogP contribution in [0.4, 0.5) is 4.79 Å². The van der Waals surface area contributed by atoms with Gasteiger partial charge in [0.2, 0.25) is 5.91 Å². The number of hydrogen-bond acceptors (Lipinski definition) is 10. The van der Waals surface area contributed by atoms with Gasteiger partial charge in [-0.1, -0.05) is 12.1 Å². The number of esters is 1. The minimum atomic E-state index is -1.60. The molecule has 3 atom stereocenters. The molecule has 1 unspecified atom stereocenters. The average Bonchev–Trinajstić information content (AvgIpc) is 2.78. The van der Waals surface area contributed by atoms with Gasteiger partial charge in [-0.2, -0.15) is 0 Å². The number of phenolic OH excluding ortho intramolecular Hbond substituents is 1. The van der Waals surface area contributed by atoms with Crippen LogP contribution < -0.4 is 45.3 Å². The Hall–Kier alpha value is -2.74. The number of nitrogens with zero attached hydrogens (tertiary/aromatic N) is 1. The first-order valence-electron chi connectivity index (χ1n) is 10.9. The molecular formula is C23H26N3NaO9S. The Morgan fingerprint density at radius 3 is 2.38 bits per heavy atom. The van der Waals surface area contributed by atoms with Crippen LogP contribution in [0.1, 0.15) is 39.3 Å². The molecule has 1 saturated heterocycles. The van der Waals surface area contributed by atoms with Gasteiger partial charge < -0.3 is 35.1 Å². The summed E-state index contributed by atoms with van der Waals surface area (Å²) in [6.45, 7) is 5.84. The van der Waals surface area contributed by atoms with Gasteiger partial charge >= 0.3 is 41.6 Å². The predicted octanol–water partition coefficient (Wildman–Crippen LogP) is -3.07. The van der Waals surface area contributed by atoms with Crippen LogP contribution in [0.15, 0.2) is 35.5 Å². The van der Waals surface area contributed by atoms with Crippen molar-refractivity contribution in [3.8, 4) is 5.75 Å². The molecule has 3 amide bonds. The number of thioether (sulfide) groups is 1. The van der Waals surface area contributed by atoms with Crippen molar-refractivity contribution in [2.24, 2.45) is 0 Å². The fourth-order valence-corrected chi connectivity index (χ4v) is 4.93. The summed E-state index contributed by atoms with van der Waals surface area (Å²) in [4.78, 5) is 62.3. The second-order valence-electron chi connectivity index (χ2n) is 9.09. The third-order valence-corrected chi connectivity index (χ3v) is 6.48. The topological polar surface area (TPSA) is 174 Å². The van der Waals surface area contributed by atoms with E-state index in [4.69, 9.17) is 9.47 Å². The number of β-lactam (4-membered cyclic amide) rings is 1. The van der Waals surface area contributed by atoms with Crippen molar-refractivity contribution < 1.29 is 73.2 Å². The number of carbonyl (C=O) groups is 5. The van der Waals surface area contributed by atoms with Crippen molar-refractivity contribution in [3.05, 3.63) is 41.1 Å². The molecule has 0 aliphatic carbocycles. The van der Waals surface area contributed by atoms with E-state index in [1.807, 2.05) is 0 Å². The number of aliphatic carboxylic acids is 1. The number of phenols is 1. The normalized spacial score (nSPS) is 19.5. The Morgan fingerprint density at radius 1 is 1.22 bits per heavy atom. The number of carboxylic acids is 1. The van der Waals surface area contributed by atoms with Gasteiger partial charge in [-0.05, 0) is 38.5 Å². The van der Waals surface area contributed by atoms with Gasteiger partial charge in [0.15, 0.2) is 0 Å². The molecule has 1 aromatic rings.